The molecule has 2 aliphatic rings. The summed E-state index contributed by atoms with van der Waals surface area (Å²) in [7, 11) is 0. The van der Waals surface area contributed by atoms with E-state index in [2.05, 4.69) is 20.4 Å². The van der Waals surface area contributed by atoms with Crippen molar-refractivity contribution in [2.75, 3.05) is 38.0 Å². The van der Waals surface area contributed by atoms with Crippen LogP contribution in [0.1, 0.15) is 12.6 Å². The maximum Gasteiger partial charge on any atom is 0.238 e. The zero-order valence-corrected chi connectivity index (χ0v) is 14.9. The van der Waals surface area contributed by atoms with Crippen LogP contribution < -0.4 is 10.6 Å². The number of amides is 2. The summed E-state index contributed by atoms with van der Waals surface area (Å²) in [6.07, 6.45) is 0. The minimum atomic E-state index is -0.0835. The van der Waals surface area contributed by atoms with E-state index in [1.165, 1.54) is 6.92 Å². The van der Waals surface area contributed by atoms with Crippen molar-refractivity contribution in [2.45, 2.75) is 19.5 Å². The number of hydrogen-bond acceptors (Lipinski definition) is 5. The van der Waals surface area contributed by atoms with Gasteiger partial charge in [0.15, 0.2) is 0 Å². The van der Waals surface area contributed by atoms with Crippen LogP contribution in [0.25, 0.3) is 10.9 Å². The monoisotopic (exact) mass is 353 g/mol. The molecule has 2 N–H and O–H groups in total. The zero-order valence-electron chi connectivity index (χ0n) is 14.9. The Hall–Kier alpha value is -2.51. The van der Waals surface area contributed by atoms with Gasteiger partial charge < -0.3 is 10.6 Å². The van der Waals surface area contributed by atoms with Gasteiger partial charge in [-0.05, 0) is 24.3 Å². The molecule has 1 aromatic heterocycles. The average molecular weight is 353 g/mol. The summed E-state index contributed by atoms with van der Waals surface area (Å²) in [6, 6.07) is 9.74. The lowest BCUT2D eigenvalue weighted by Crippen LogP contribution is -2.63. The second-order valence-corrected chi connectivity index (χ2v) is 6.97. The molecule has 2 aromatic rings. The van der Waals surface area contributed by atoms with E-state index in [1.807, 2.05) is 30.3 Å². The number of piperazine rings is 2. The predicted molar refractivity (Wildman–Crippen MR) is 99.7 cm³/mol. The Labute approximate surface area is 152 Å². The van der Waals surface area contributed by atoms with E-state index in [0.29, 0.717) is 0 Å². The van der Waals surface area contributed by atoms with Crippen LogP contribution in [0.15, 0.2) is 30.3 Å². The molecule has 2 fully saturated rings. The summed E-state index contributed by atoms with van der Waals surface area (Å²) < 4.78 is 0. The predicted octanol–water partition coefficient (Wildman–Crippen LogP) is 0.809. The van der Waals surface area contributed by atoms with E-state index < -0.39 is 0 Å². The van der Waals surface area contributed by atoms with Crippen LogP contribution in [0.5, 0.6) is 0 Å². The van der Waals surface area contributed by atoms with Crippen LogP contribution in [0, 0.1) is 0 Å². The van der Waals surface area contributed by atoms with Crippen molar-refractivity contribution in [3.8, 4) is 0 Å². The van der Waals surface area contributed by atoms with Crippen molar-refractivity contribution in [3.63, 3.8) is 0 Å². The lowest BCUT2D eigenvalue weighted by Gasteiger charge is -2.42. The Morgan fingerprint density at radius 1 is 1.27 bits per heavy atom. The molecule has 2 aliphatic heterocycles. The van der Waals surface area contributed by atoms with Crippen molar-refractivity contribution >= 4 is 28.4 Å². The molecule has 26 heavy (non-hydrogen) atoms. The number of anilines is 1. The number of carbonyl (C=O) groups excluding carboxylic acids is 2. The summed E-state index contributed by atoms with van der Waals surface area (Å²) >= 11 is 0. The van der Waals surface area contributed by atoms with Gasteiger partial charge in [0.25, 0.3) is 0 Å². The van der Waals surface area contributed by atoms with Gasteiger partial charge in [-0.2, -0.15) is 0 Å². The van der Waals surface area contributed by atoms with E-state index >= 15 is 0 Å². The molecular formula is C19H23N5O2. The highest BCUT2D eigenvalue weighted by Gasteiger charge is 2.34. The van der Waals surface area contributed by atoms with E-state index in [0.717, 1.165) is 61.6 Å². The van der Waals surface area contributed by atoms with Crippen molar-refractivity contribution in [2.24, 2.45) is 0 Å². The summed E-state index contributed by atoms with van der Waals surface area (Å²) in [5, 5.41) is 6.74. The fraction of sp³-hybridized carbons (Fsp3) is 0.421. The minimum absolute atomic E-state index is 0.0434. The summed E-state index contributed by atoms with van der Waals surface area (Å²) in [6.45, 7) is 6.54. The molecule has 0 spiro atoms. The van der Waals surface area contributed by atoms with Crippen LogP contribution in [0.4, 0.5) is 5.69 Å². The Balaban J connectivity index is 1.47. The quantitative estimate of drug-likeness (QED) is 0.854. The van der Waals surface area contributed by atoms with Crippen molar-refractivity contribution in [1.29, 1.82) is 0 Å². The van der Waals surface area contributed by atoms with Gasteiger partial charge in [-0.3, -0.25) is 24.4 Å². The van der Waals surface area contributed by atoms with E-state index in [-0.39, 0.29) is 17.9 Å². The van der Waals surface area contributed by atoms with Crippen molar-refractivity contribution < 1.29 is 9.59 Å². The van der Waals surface area contributed by atoms with Gasteiger partial charge in [-0.15, -0.1) is 0 Å². The third-order valence-corrected chi connectivity index (χ3v) is 5.03. The second kappa shape index (κ2) is 7.01. The van der Waals surface area contributed by atoms with Crippen molar-refractivity contribution in [1.82, 2.24) is 20.1 Å². The van der Waals surface area contributed by atoms with Gasteiger partial charge in [0.2, 0.25) is 11.8 Å². The third kappa shape index (κ3) is 3.54. The van der Waals surface area contributed by atoms with Crippen LogP contribution in [-0.2, 0) is 16.1 Å². The molecule has 4 rings (SSSR count). The topological polar surface area (TPSA) is 77.6 Å². The summed E-state index contributed by atoms with van der Waals surface area (Å²) in [4.78, 5) is 32.6. The largest absolute Gasteiger partial charge is 0.353 e. The van der Waals surface area contributed by atoms with Gasteiger partial charge >= 0.3 is 0 Å². The molecule has 1 unspecified atom stereocenters. The number of nitrogens with one attached hydrogen (secondary N) is 2. The molecule has 2 saturated heterocycles. The number of fused-ring (bicyclic) bond motifs is 2. The van der Waals surface area contributed by atoms with E-state index in [1.54, 1.807) is 0 Å². The van der Waals surface area contributed by atoms with Gasteiger partial charge in [0, 0.05) is 57.3 Å². The van der Waals surface area contributed by atoms with E-state index in [4.69, 9.17) is 4.98 Å². The average Bonchev–Trinajstić information content (AvgIpc) is 2.62. The lowest BCUT2D eigenvalue weighted by molar-refractivity contribution is -0.132. The van der Waals surface area contributed by atoms with Gasteiger partial charge in [0.1, 0.15) is 6.04 Å². The first-order chi connectivity index (χ1) is 12.6. The first-order valence-corrected chi connectivity index (χ1v) is 9.00. The normalized spacial score (nSPS) is 21.3. The number of carbonyl (C=O) groups is 2. The Bertz CT molecular complexity index is 853. The fourth-order valence-electron chi connectivity index (χ4n) is 3.74. The molecule has 0 radical (unpaired) electrons. The number of rotatable bonds is 3. The highest BCUT2D eigenvalue weighted by atomic mass is 16.2. The molecule has 0 aliphatic carbocycles. The molecule has 0 saturated carbocycles. The standard InChI is InChI=1S/C19H23N5O2/c1-13(25)21-15-4-5-17-14(10-15)2-3-16(22-17)11-23-8-9-24-7-6-20-19(26)18(24)12-23/h2-5,10,18H,6-9,11-12H2,1H3,(H,20,26)(H,21,25). The molecule has 7 nitrogen and oxygen atoms in total. The molecule has 136 valence electrons. The van der Waals surface area contributed by atoms with E-state index in [9.17, 15) is 9.59 Å². The number of nitrogens with zero attached hydrogens (tertiary/aromatic N) is 3. The minimum Gasteiger partial charge on any atom is -0.353 e. The first-order valence-electron chi connectivity index (χ1n) is 9.00. The van der Waals surface area contributed by atoms with Crippen LogP contribution >= 0.6 is 0 Å². The second-order valence-electron chi connectivity index (χ2n) is 6.97. The smallest absolute Gasteiger partial charge is 0.238 e. The maximum atomic E-state index is 12.1. The Morgan fingerprint density at radius 3 is 3.00 bits per heavy atom. The highest BCUT2D eigenvalue weighted by Crippen LogP contribution is 2.20. The maximum absolute atomic E-state index is 12.1. The van der Waals surface area contributed by atoms with Gasteiger partial charge in [-0.1, -0.05) is 6.07 Å². The lowest BCUT2D eigenvalue weighted by atomic mass is 10.1. The van der Waals surface area contributed by atoms with Crippen molar-refractivity contribution in [3.05, 3.63) is 36.0 Å². The fourth-order valence-corrected chi connectivity index (χ4v) is 3.74. The zero-order chi connectivity index (χ0) is 18.1. The van der Waals surface area contributed by atoms with Crippen LogP contribution in [0.3, 0.4) is 0 Å². The van der Waals surface area contributed by atoms with Gasteiger partial charge in [-0.25, -0.2) is 0 Å². The first kappa shape index (κ1) is 16.9. The van der Waals surface area contributed by atoms with Crippen LogP contribution in [-0.4, -0.2) is 65.4 Å². The highest BCUT2D eigenvalue weighted by molar-refractivity contribution is 5.92. The molecule has 2 amide bonds. The Morgan fingerprint density at radius 2 is 2.15 bits per heavy atom. The van der Waals surface area contributed by atoms with Crippen LogP contribution in [0.2, 0.25) is 0 Å². The summed E-state index contributed by atoms with van der Waals surface area (Å²) in [5.41, 5.74) is 2.68. The molecule has 3 heterocycles. The number of hydrogen-bond donors (Lipinski definition) is 2. The molecule has 1 aromatic carbocycles. The number of pyridine rings is 1. The SMILES string of the molecule is CC(=O)Nc1ccc2nc(CN3CCN4CCNC(=O)C4C3)ccc2c1. The number of benzene rings is 1. The molecular weight excluding hydrogens is 330 g/mol. The molecule has 7 heteroatoms. The number of aromatic nitrogens is 1. The molecule has 1 atom stereocenters. The molecule has 0 bridgehead atoms. The third-order valence-electron chi connectivity index (χ3n) is 5.03. The van der Waals surface area contributed by atoms with Gasteiger partial charge in [0.05, 0.1) is 11.2 Å². The summed E-state index contributed by atoms with van der Waals surface area (Å²) in [5.74, 6) is 0.0535. The Kier molecular flexibility index (Phi) is 4.57.